The van der Waals surface area contributed by atoms with E-state index in [-0.39, 0.29) is 11.8 Å². The fraction of sp³-hybridized carbons (Fsp3) is 0.250. The van der Waals surface area contributed by atoms with Crippen molar-refractivity contribution in [3.63, 3.8) is 0 Å². The van der Waals surface area contributed by atoms with Gasteiger partial charge in [0.15, 0.2) is 0 Å². The first kappa shape index (κ1) is 18.1. The molecule has 0 spiro atoms. The van der Waals surface area contributed by atoms with E-state index in [1.165, 1.54) is 22.3 Å². The van der Waals surface area contributed by atoms with E-state index >= 15 is 0 Å². The molecule has 0 aliphatic heterocycles. The highest BCUT2D eigenvalue weighted by molar-refractivity contribution is 5.45. The molecule has 0 saturated carbocycles. The number of phenols is 2. The van der Waals surface area contributed by atoms with Gasteiger partial charge in [-0.25, -0.2) is 0 Å². The molecular weight excluding hydrogens is 320 g/mol. The molecule has 0 aliphatic rings. The van der Waals surface area contributed by atoms with E-state index in [9.17, 15) is 10.2 Å². The smallest absolute Gasteiger partial charge is 0.115 e. The van der Waals surface area contributed by atoms with E-state index in [1.807, 2.05) is 24.3 Å². The molecule has 0 aromatic heterocycles. The zero-order valence-electron chi connectivity index (χ0n) is 15.4. The normalized spacial score (nSPS) is 13.3. The predicted molar refractivity (Wildman–Crippen MR) is 107 cm³/mol. The van der Waals surface area contributed by atoms with Crippen LogP contribution in [0.15, 0.2) is 72.8 Å². The third-order valence-electron chi connectivity index (χ3n) is 5.15. The predicted octanol–water partition coefficient (Wildman–Crippen LogP) is 6.18. The zero-order valence-corrected chi connectivity index (χ0v) is 15.4. The van der Waals surface area contributed by atoms with Crippen molar-refractivity contribution in [2.75, 3.05) is 0 Å². The van der Waals surface area contributed by atoms with Crippen LogP contribution < -0.4 is 0 Å². The first-order valence-electron chi connectivity index (χ1n) is 9.30. The van der Waals surface area contributed by atoms with Crippen molar-refractivity contribution in [1.82, 2.24) is 0 Å². The third kappa shape index (κ3) is 3.75. The Morgan fingerprint density at radius 2 is 0.923 bits per heavy atom. The lowest BCUT2D eigenvalue weighted by molar-refractivity contribution is 0.474. The molecule has 0 fully saturated rings. The molecule has 134 valence electrons. The summed E-state index contributed by atoms with van der Waals surface area (Å²) in [7, 11) is 0. The Hall–Kier alpha value is -2.74. The molecule has 3 aromatic rings. The summed E-state index contributed by atoms with van der Waals surface area (Å²) < 4.78 is 0. The Kier molecular flexibility index (Phi) is 5.62. The van der Waals surface area contributed by atoms with Crippen LogP contribution in [0.25, 0.3) is 0 Å². The molecule has 3 rings (SSSR count). The standard InChI is InChI=1S/C24H26O2/c1-3-21(17-9-13-19(25)14-10-17)23-7-5-6-8-24(23)22(4-2)18-11-15-20(26)16-12-18/h5-16,21-22,25-26H,3-4H2,1-2H3. The average Bonchev–Trinajstić information content (AvgIpc) is 2.67. The minimum Gasteiger partial charge on any atom is -0.508 e. The molecule has 0 bridgehead atoms. The van der Waals surface area contributed by atoms with E-state index in [1.54, 1.807) is 24.3 Å². The van der Waals surface area contributed by atoms with Crippen molar-refractivity contribution in [2.24, 2.45) is 0 Å². The summed E-state index contributed by atoms with van der Waals surface area (Å²) in [5, 5.41) is 19.2. The summed E-state index contributed by atoms with van der Waals surface area (Å²) in [6, 6.07) is 23.8. The minimum absolute atomic E-state index is 0.290. The van der Waals surface area contributed by atoms with Gasteiger partial charge in [0.25, 0.3) is 0 Å². The van der Waals surface area contributed by atoms with Gasteiger partial charge in [-0.3, -0.25) is 0 Å². The number of hydrogen-bond acceptors (Lipinski definition) is 2. The maximum absolute atomic E-state index is 9.61. The summed E-state index contributed by atoms with van der Waals surface area (Å²) in [5.74, 6) is 1.18. The van der Waals surface area contributed by atoms with Gasteiger partial charge in [-0.05, 0) is 59.4 Å². The Morgan fingerprint density at radius 1 is 0.577 bits per heavy atom. The molecule has 0 heterocycles. The lowest BCUT2D eigenvalue weighted by atomic mass is 9.79. The van der Waals surface area contributed by atoms with Crippen LogP contribution in [0.5, 0.6) is 11.5 Å². The van der Waals surface area contributed by atoms with Crippen LogP contribution >= 0.6 is 0 Å². The number of phenolic OH excluding ortho intramolecular Hbond substituents is 2. The maximum atomic E-state index is 9.61. The van der Waals surface area contributed by atoms with Crippen LogP contribution in [0.1, 0.15) is 60.8 Å². The monoisotopic (exact) mass is 346 g/mol. The van der Waals surface area contributed by atoms with Crippen molar-refractivity contribution >= 4 is 0 Å². The van der Waals surface area contributed by atoms with Gasteiger partial charge in [0.2, 0.25) is 0 Å². The Balaban J connectivity index is 2.05. The van der Waals surface area contributed by atoms with Gasteiger partial charge in [-0.15, -0.1) is 0 Å². The number of rotatable bonds is 6. The summed E-state index contributed by atoms with van der Waals surface area (Å²) in [6.07, 6.45) is 1.99. The molecule has 2 unspecified atom stereocenters. The van der Waals surface area contributed by atoms with Crippen LogP contribution in [-0.4, -0.2) is 10.2 Å². The second-order valence-electron chi connectivity index (χ2n) is 6.73. The minimum atomic E-state index is 0.290. The summed E-state index contributed by atoms with van der Waals surface area (Å²) in [6.45, 7) is 4.41. The van der Waals surface area contributed by atoms with Crippen LogP contribution in [0.4, 0.5) is 0 Å². The average molecular weight is 346 g/mol. The molecule has 3 aromatic carbocycles. The zero-order chi connectivity index (χ0) is 18.5. The van der Waals surface area contributed by atoms with E-state index in [2.05, 4.69) is 38.1 Å². The highest BCUT2D eigenvalue weighted by Gasteiger charge is 2.21. The molecule has 26 heavy (non-hydrogen) atoms. The first-order chi connectivity index (χ1) is 12.6. The van der Waals surface area contributed by atoms with Crippen LogP contribution in [0.2, 0.25) is 0 Å². The third-order valence-corrected chi connectivity index (χ3v) is 5.15. The largest absolute Gasteiger partial charge is 0.508 e. The maximum Gasteiger partial charge on any atom is 0.115 e. The molecule has 2 N–H and O–H groups in total. The number of hydrogen-bond donors (Lipinski definition) is 2. The van der Waals surface area contributed by atoms with Crippen molar-refractivity contribution in [2.45, 2.75) is 38.5 Å². The van der Waals surface area contributed by atoms with Crippen LogP contribution in [-0.2, 0) is 0 Å². The van der Waals surface area contributed by atoms with Gasteiger partial charge in [0.05, 0.1) is 0 Å². The second-order valence-corrected chi connectivity index (χ2v) is 6.73. The van der Waals surface area contributed by atoms with Crippen LogP contribution in [0.3, 0.4) is 0 Å². The Bertz CT molecular complexity index is 762. The number of benzene rings is 3. The fourth-order valence-electron chi connectivity index (χ4n) is 3.83. The fourth-order valence-corrected chi connectivity index (χ4v) is 3.83. The van der Waals surface area contributed by atoms with Crippen molar-refractivity contribution in [3.8, 4) is 11.5 Å². The molecular formula is C24H26O2. The Morgan fingerprint density at radius 3 is 1.23 bits per heavy atom. The van der Waals surface area contributed by atoms with E-state index in [0.29, 0.717) is 11.5 Å². The topological polar surface area (TPSA) is 40.5 Å². The number of aromatic hydroxyl groups is 2. The molecule has 2 atom stereocenters. The first-order valence-corrected chi connectivity index (χ1v) is 9.30. The van der Waals surface area contributed by atoms with E-state index in [0.717, 1.165) is 12.8 Å². The highest BCUT2D eigenvalue weighted by Crippen LogP contribution is 2.38. The van der Waals surface area contributed by atoms with Crippen molar-refractivity contribution in [1.29, 1.82) is 0 Å². The Labute approximate surface area is 155 Å². The van der Waals surface area contributed by atoms with Crippen molar-refractivity contribution < 1.29 is 10.2 Å². The lowest BCUT2D eigenvalue weighted by Crippen LogP contribution is -2.08. The van der Waals surface area contributed by atoms with Gasteiger partial charge in [-0.1, -0.05) is 62.4 Å². The van der Waals surface area contributed by atoms with Gasteiger partial charge >= 0.3 is 0 Å². The van der Waals surface area contributed by atoms with E-state index in [4.69, 9.17) is 0 Å². The molecule has 0 radical (unpaired) electrons. The molecule has 0 saturated heterocycles. The van der Waals surface area contributed by atoms with Gasteiger partial charge in [0, 0.05) is 11.8 Å². The van der Waals surface area contributed by atoms with E-state index < -0.39 is 0 Å². The summed E-state index contributed by atoms with van der Waals surface area (Å²) in [4.78, 5) is 0. The summed E-state index contributed by atoms with van der Waals surface area (Å²) >= 11 is 0. The molecule has 0 amide bonds. The van der Waals surface area contributed by atoms with Crippen LogP contribution in [0, 0.1) is 0 Å². The lowest BCUT2D eigenvalue weighted by Gasteiger charge is -2.25. The highest BCUT2D eigenvalue weighted by atomic mass is 16.3. The molecule has 0 aliphatic carbocycles. The molecule has 2 nitrogen and oxygen atoms in total. The van der Waals surface area contributed by atoms with Gasteiger partial charge in [-0.2, -0.15) is 0 Å². The second kappa shape index (κ2) is 8.09. The van der Waals surface area contributed by atoms with Gasteiger partial charge in [0.1, 0.15) is 11.5 Å². The summed E-state index contributed by atoms with van der Waals surface area (Å²) in [5.41, 5.74) is 5.11. The van der Waals surface area contributed by atoms with Crippen molar-refractivity contribution in [3.05, 3.63) is 95.1 Å². The molecule has 2 heteroatoms. The van der Waals surface area contributed by atoms with Gasteiger partial charge < -0.3 is 10.2 Å². The quantitative estimate of drug-likeness (QED) is 0.559. The SMILES string of the molecule is CCC(c1ccc(O)cc1)c1ccccc1C(CC)c1ccc(O)cc1.